The van der Waals surface area contributed by atoms with Crippen LogP contribution in [-0.2, 0) is 9.59 Å². The smallest absolute Gasteiger partial charge is 0.336 e. The summed E-state index contributed by atoms with van der Waals surface area (Å²) in [5.41, 5.74) is 0.0481. The number of carboxylic acids is 1. The van der Waals surface area contributed by atoms with Gasteiger partial charge in [-0.1, -0.05) is 18.2 Å². The molecule has 2 aromatic carbocycles. The lowest BCUT2D eigenvalue weighted by Crippen LogP contribution is -2.54. The van der Waals surface area contributed by atoms with Crippen molar-refractivity contribution in [2.24, 2.45) is 0 Å². The first-order valence-electron chi connectivity index (χ1n) is 8.94. The van der Waals surface area contributed by atoms with Crippen LogP contribution in [-0.4, -0.2) is 28.9 Å². The number of carbonyl (C=O) groups is 4. The van der Waals surface area contributed by atoms with Gasteiger partial charge in [-0.15, -0.1) is 0 Å². The standard InChI is InChI=1S/C22H13FN2O6/c23-12-5-7-13(8-6-12)25-20(27)17(19(26)24-22(25)30)11-14-9-10-18(31-14)15-3-1-2-4-16(15)21(28)29/h1-11H,(H,28,29)(H,24,26,30)/b17-11+. The van der Waals surface area contributed by atoms with Gasteiger partial charge >= 0.3 is 12.0 Å². The molecule has 31 heavy (non-hydrogen) atoms. The maximum absolute atomic E-state index is 13.2. The van der Waals surface area contributed by atoms with Gasteiger partial charge in [-0.05, 0) is 48.5 Å². The summed E-state index contributed by atoms with van der Waals surface area (Å²) in [5, 5.41) is 11.4. The van der Waals surface area contributed by atoms with E-state index in [4.69, 9.17) is 4.42 Å². The first-order chi connectivity index (χ1) is 14.8. The number of hydrogen-bond donors (Lipinski definition) is 2. The number of urea groups is 1. The van der Waals surface area contributed by atoms with Crippen molar-refractivity contribution >= 4 is 35.6 Å². The fourth-order valence-electron chi connectivity index (χ4n) is 3.08. The average molecular weight is 420 g/mol. The van der Waals surface area contributed by atoms with E-state index in [0.29, 0.717) is 10.5 Å². The number of nitrogens with one attached hydrogen (secondary N) is 1. The summed E-state index contributed by atoms with van der Waals surface area (Å²) in [6, 6.07) is 12.8. The van der Waals surface area contributed by atoms with Gasteiger partial charge in [0.2, 0.25) is 0 Å². The van der Waals surface area contributed by atoms with Crippen molar-refractivity contribution in [2.75, 3.05) is 4.90 Å². The second-order valence-corrected chi connectivity index (χ2v) is 6.49. The normalized spacial score (nSPS) is 15.3. The summed E-state index contributed by atoms with van der Waals surface area (Å²) >= 11 is 0. The Morgan fingerprint density at radius 1 is 1.00 bits per heavy atom. The molecule has 1 fully saturated rings. The van der Waals surface area contributed by atoms with Gasteiger partial charge in [0.15, 0.2) is 0 Å². The van der Waals surface area contributed by atoms with Crippen molar-refractivity contribution in [1.29, 1.82) is 0 Å². The predicted octanol–water partition coefficient (Wildman–Crippen LogP) is 3.45. The highest BCUT2D eigenvalue weighted by Crippen LogP contribution is 2.28. The zero-order valence-corrected chi connectivity index (χ0v) is 15.7. The molecule has 0 unspecified atom stereocenters. The van der Waals surface area contributed by atoms with Crippen LogP contribution in [0.4, 0.5) is 14.9 Å². The number of nitrogens with zero attached hydrogens (tertiary/aromatic N) is 1. The number of barbiturate groups is 1. The fourth-order valence-corrected chi connectivity index (χ4v) is 3.08. The van der Waals surface area contributed by atoms with Gasteiger partial charge in [0.1, 0.15) is 22.9 Å². The van der Waals surface area contributed by atoms with Crippen molar-refractivity contribution in [2.45, 2.75) is 0 Å². The Labute approximate surface area is 174 Å². The lowest BCUT2D eigenvalue weighted by atomic mass is 10.1. The number of aromatic carboxylic acids is 1. The maximum Gasteiger partial charge on any atom is 0.336 e. The van der Waals surface area contributed by atoms with Crippen LogP contribution in [0.2, 0.25) is 0 Å². The molecule has 3 aromatic rings. The zero-order chi connectivity index (χ0) is 22.1. The molecule has 1 saturated heterocycles. The third-order valence-corrected chi connectivity index (χ3v) is 4.52. The number of carbonyl (C=O) groups excluding carboxylic acids is 3. The van der Waals surface area contributed by atoms with Crippen LogP contribution < -0.4 is 10.2 Å². The Hall–Kier alpha value is -4.53. The number of furan rings is 1. The van der Waals surface area contributed by atoms with Crippen molar-refractivity contribution < 1.29 is 33.1 Å². The van der Waals surface area contributed by atoms with Gasteiger partial charge in [-0.25, -0.2) is 18.9 Å². The Bertz CT molecular complexity index is 1260. The van der Waals surface area contributed by atoms with E-state index in [1.54, 1.807) is 18.2 Å². The number of halogens is 1. The molecule has 1 aliphatic rings. The summed E-state index contributed by atoms with van der Waals surface area (Å²) in [6.45, 7) is 0. The molecule has 154 valence electrons. The van der Waals surface area contributed by atoms with Crippen LogP contribution >= 0.6 is 0 Å². The highest BCUT2D eigenvalue weighted by molar-refractivity contribution is 6.39. The molecule has 0 bridgehead atoms. The van der Waals surface area contributed by atoms with Crippen LogP contribution in [0.15, 0.2) is 70.7 Å². The maximum atomic E-state index is 13.2. The first kappa shape index (κ1) is 19.8. The fraction of sp³-hybridized carbons (Fsp3) is 0. The summed E-state index contributed by atoms with van der Waals surface area (Å²) in [6.07, 6.45) is 1.15. The molecule has 0 radical (unpaired) electrons. The number of benzene rings is 2. The van der Waals surface area contributed by atoms with Crippen LogP contribution in [0.25, 0.3) is 17.4 Å². The number of carboxylic acid groups (broad SMARTS) is 1. The van der Waals surface area contributed by atoms with E-state index in [2.05, 4.69) is 5.32 Å². The van der Waals surface area contributed by atoms with E-state index in [1.165, 1.54) is 30.3 Å². The molecule has 0 atom stereocenters. The van der Waals surface area contributed by atoms with E-state index in [-0.39, 0.29) is 28.3 Å². The Morgan fingerprint density at radius 2 is 1.71 bits per heavy atom. The number of amides is 4. The molecular weight excluding hydrogens is 407 g/mol. The monoisotopic (exact) mass is 420 g/mol. The van der Waals surface area contributed by atoms with Crippen molar-refractivity contribution in [3.8, 4) is 11.3 Å². The third-order valence-electron chi connectivity index (χ3n) is 4.52. The minimum Gasteiger partial charge on any atom is -0.478 e. The topological polar surface area (TPSA) is 117 Å². The molecule has 0 saturated carbocycles. The zero-order valence-electron chi connectivity index (χ0n) is 15.7. The molecule has 9 heteroatoms. The summed E-state index contributed by atoms with van der Waals surface area (Å²) < 4.78 is 18.8. The third kappa shape index (κ3) is 3.71. The molecule has 2 heterocycles. The molecular formula is C22H13FN2O6. The van der Waals surface area contributed by atoms with E-state index in [1.807, 2.05) is 0 Å². The molecule has 0 spiro atoms. The van der Waals surface area contributed by atoms with Crippen LogP contribution in [0.1, 0.15) is 16.1 Å². The molecule has 4 amide bonds. The highest BCUT2D eigenvalue weighted by atomic mass is 19.1. The van der Waals surface area contributed by atoms with Crippen molar-refractivity contribution in [1.82, 2.24) is 5.32 Å². The molecule has 8 nitrogen and oxygen atoms in total. The first-order valence-corrected chi connectivity index (χ1v) is 8.94. The van der Waals surface area contributed by atoms with Gasteiger partial charge in [0, 0.05) is 5.56 Å². The predicted molar refractivity (Wildman–Crippen MR) is 107 cm³/mol. The second-order valence-electron chi connectivity index (χ2n) is 6.49. The van der Waals surface area contributed by atoms with E-state index < -0.39 is 29.6 Å². The van der Waals surface area contributed by atoms with E-state index >= 15 is 0 Å². The SMILES string of the molecule is O=C1NC(=O)N(c2ccc(F)cc2)C(=O)/C1=C/c1ccc(-c2ccccc2C(=O)O)o1. The highest BCUT2D eigenvalue weighted by Gasteiger charge is 2.37. The van der Waals surface area contributed by atoms with Gasteiger partial charge in [-0.3, -0.25) is 14.9 Å². The summed E-state index contributed by atoms with van der Waals surface area (Å²) in [5.74, 6) is -3.20. The number of hydrogen-bond acceptors (Lipinski definition) is 5. The minimum atomic E-state index is -1.14. The molecule has 2 N–H and O–H groups in total. The number of anilines is 1. The quantitative estimate of drug-likeness (QED) is 0.493. The summed E-state index contributed by atoms with van der Waals surface area (Å²) in [7, 11) is 0. The molecule has 1 aromatic heterocycles. The number of imide groups is 2. The van der Waals surface area contributed by atoms with Crippen LogP contribution in [0, 0.1) is 5.82 Å². The van der Waals surface area contributed by atoms with E-state index in [0.717, 1.165) is 18.2 Å². The lowest BCUT2D eigenvalue weighted by molar-refractivity contribution is -0.122. The molecule has 1 aliphatic heterocycles. The largest absolute Gasteiger partial charge is 0.478 e. The summed E-state index contributed by atoms with van der Waals surface area (Å²) in [4.78, 5) is 49.3. The second kappa shape index (κ2) is 7.71. The Morgan fingerprint density at radius 3 is 2.42 bits per heavy atom. The van der Waals surface area contributed by atoms with Gasteiger partial charge in [-0.2, -0.15) is 0 Å². The van der Waals surface area contributed by atoms with Crippen molar-refractivity contribution in [3.05, 3.63) is 83.4 Å². The van der Waals surface area contributed by atoms with Gasteiger partial charge in [0.05, 0.1) is 11.3 Å². The Kier molecular flexibility index (Phi) is 4.92. The average Bonchev–Trinajstić information content (AvgIpc) is 3.21. The minimum absolute atomic E-state index is 0.0237. The van der Waals surface area contributed by atoms with Gasteiger partial charge < -0.3 is 9.52 Å². The molecule has 0 aliphatic carbocycles. The van der Waals surface area contributed by atoms with Crippen molar-refractivity contribution in [3.63, 3.8) is 0 Å². The molecule has 4 rings (SSSR count). The van der Waals surface area contributed by atoms with Crippen LogP contribution in [0.5, 0.6) is 0 Å². The lowest BCUT2D eigenvalue weighted by Gasteiger charge is -2.26. The van der Waals surface area contributed by atoms with Crippen LogP contribution in [0.3, 0.4) is 0 Å². The number of rotatable bonds is 4. The van der Waals surface area contributed by atoms with E-state index in [9.17, 15) is 28.7 Å². The Balaban J connectivity index is 1.69. The van der Waals surface area contributed by atoms with Gasteiger partial charge in [0.25, 0.3) is 11.8 Å².